The maximum absolute atomic E-state index is 13.6. The summed E-state index contributed by atoms with van der Waals surface area (Å²) in [5.74, 6) is -0.0192. The van der Waals surface area contributed by atoms with Gasteiger partial charge in [0.2, 0.25) is 11.8 Å². The van der Waals surface area contributed by atoms with Gasteiger partial charge in [0.05, 0.1) is 24.0 Å². The number of nitrogens with zero attached hydrogens (tertiary/aromatic N) is 2. The molecule has 1 aromatic carbocycles. The van der Waals surface area contributed by atoms with Gasteiger partial charge in [-0.2, -0.15) is 0 Å². The smallest absolute Gasteiger partial charge is 0.241 e. The first-order valence-electron chi connectivity index (χ1n) is 10.2. The van der Waals surface area contributed by atoms with Crippen LogP contribution in [0.15, 0.2) is 53.2 Å². The summed E-state index contributed by atoms with van der Waals surface area (Å²) >= 11 is 3.55. The number of carbonyl (C=O) groups is 2. The van der Waals surface area contributed by atoms with Crippen LogP contribution in [0.1, 0.15) is 34.7 Å². The lowest BCUT2D eigenvalue weighted by molar-refractivity contribution is -0.120. The Morgan fingerprint density at radius 1 is 1.13 bits per heavy atom. The van der Waals surface area contributed by atoms with Gasteiger partial charge < -0.3 is 10.2 Å². The third-order valence-electron chi connectivity index (χ3n) is 5.84. The van der Waals surface area contributed by atoms with Gasteiger partial charge in [-0.15, -0.1) is 22.7 Å². The first kappa shape index (κ1) is 19.5. The van der Waals surface area contributed by atoms with Crippen molar-refractivity contribution in [3.8, 4) is 0 Å². The SMILES string of the molecule is C[C@@H]1CC(=O)Nc2ccccc2N1C(=O)CN1CCc2sccc2[C@H]1c1cccs1. The van der Waals surface area contributed by atoms with Gasteiger partial charge in [0.25, 0.3) is 0 Å². The molecule has 2 atom stereocenters. The first-order chi connectivity index (χ1) is 14.6. The predicted molar refractivity (Wildman–Crippen MR) is 122 cm³/mol. The zero-order valence-electron chi connectivity index (χ0n) is 16.7. The molecular weight excluding hydrogens is 414 g/mol. The lowest BCUT2D eigenvalue weighted by Crippen LogP contribution is -2.47. The van der Waals surface area contributed by atoms with Crippen molar-refractivity contribution in [2.45, 2.75) is 31.8 Å². The molecular formula is C23H23N3O2S2. The summed E-state index contributed by atoms with van der Waals surface area (Å²) < 4.78 is 0. The summed E-state index contributed by atoms with van der Waals surface area (Å²) in [4.78, 5) is 32.7. The van der Waals surface area contributed by atoms with Gasteiger partial charge in [-0.25, -0.2) is 0 Å². The van der Waals surface area contributed by atoms with Crippen LogP contribution in [0.2, 0.25) is 0 Å². The zero-order valence-corrected chi connectivity index (χ0v) is 18.3. The Morgan fingerprint density at radius 2 is 2.00 bits per heavy atom. The van der Waals surface area contributed by atoms with E-state index in [0.29, 0.717) is 18.7 Å². The molecule has 0 aliphatic carbocycles. The van der Waals surface area contributed by atoms with Crippen LogP contribution in [0, 0.1) is 0 Å². The number of carbonyl (C=O) groups excluding carboxylic acids is 2. The number of hydrogen-bond acceptors (Lipinski definition) is 5. The lowest BCUT2D eigenvalue weighted by Gasteiger charge is -2.37. The van der Waals surface area contributed by atoms with E-state index in [1.54, 1.807) is 22.7 Å². The predicted octanol–water partition coefficient (Wildman–Crippen LogP) is 4.52. The van der Waals surface area contributed by atoms with E-state index in [0.717, 1.165) is 18.7 Å². The summed E-state index contributed by atoms with van der Waals surface area (Å²) in [7, 11) is 0. The molecule has 0 fully saturated rings. The van der Waals surface area contributed by atoms with Crippen LogP contribution in [0.4, 0.5) is 11.4 Å². The van der Waals surface area contributed by atoms with Gasteiger partial charge in [0.1, 0.15) is 0 Å². The molecule has 2 aromatic heterocycles. The molecule has 5 rings (SSSR count). The molecule has 1 N–H and O–H groups in total. The summed E-state index contributed by atoms with van der Waals surface area (Å²) in [5.41, 5.74) is 2.80. The van der Waals surface area contributed by atoms with E-state index in [9.17, 15) is 9.59 Å². The van der Waals surface area contributed by atoms with Crippen molar-refractivity contribution in [2.75, 3.05) is 23.3 Å². The van der Waals surface area contributed by atoms with Crippen molar-refractivity contribution >= 4 is 45.9 Å². The van der Waals surface area contributed by atoms with Crippen molar-refractivity contribution in [1.29, 1.82) is 0 Å². The molecule has 0 saturated heterocycles. The summed E-state index contributed by atoms with van der Waals surface area (Å²) in [6.07, 6.45) is 1.26. The third-order valence-corrected chi connectivity index (χ3v) is 7.77. The Hall–Kier alpha value is -2.48. The van der Waals surface area contributed by atoms with Crippen molar-refractivity contribution in [3.63, 3.8) is 0 Å². The summed E-state index contributed by atoms with van der Waals surface area (Å²) in [6.45, 7) is 3.12. The Morgan fingerprint density at radius 3 is 2.83 bits per heavy atom. The summed E-state index contributed by atoms with van der Waals surface area (Å²) in [6, 6.07) is 13.9. The maximum atomic E-state index is 13.6. The molecule has 0 spiro atoms. The van der Waals surface area contributed by atoms with Crippen molar-refractivity contribution in [1.82, 2.24) is 4.90 Å². The Kier molecular flexibility index (Phi) is 5.18. The van der Waals surface area contributed by atoms with Crippen molar-refractivity contribution < 1.29 is 9.59 Å². The van der Waals surface area contributed by atoms with Crippen LogP contribution >= 0.6 is 22.7 Å². The fourth-order valence-electron chi connectivity index (χ4n) is 4.54. The van der Waals surface area contributed by atoms with E-state index < -0.39 is 0 Å². The van der Waals surface area contributed by atoms with Gasteiger partial charge >= 0.3 is 0 Å². The Bertz CT molecular complexity index is 1080. The number of rotatable bonds is 3. The molecule has 2 aliphatic rings. The van der Waals surface area contributed by atoms with Crippen LogP contribution in [-0.4, -0.2) is 35.8 Å². The van der Waals surface area contributed by atoms with Gasteiger partial charge in [0.15, 0.2) is 0 Å². The van der Waals surface area contributed by atoms with E-state index in [2.05, 4.69) is 39.2 Å². The van der Waals surface area contributed by atoms with E-state index >= 15 is 0 Å². The van der Waals surface area contributed by atoms with Crippen LogP contribution in [0.5, 0.6) is 0 Å². The summed E-state index contributed by atoms with van der Waals surface area (Å²) in [5, 5.41) is 7.19. The molecule has 2 aliphatic heterocycles. The topological polar surface area (TPSA) is 52.7 Å². The van der Waals surface area contributed by atoms with Crippen LogP contribution in [0.25, 0.3) is 0 Å². The Labute approximate surface area is 183 Å². The highest BCUT2D eigenvalue weighted by Gasteiger charge is 2.35. The first-order valence-corrected chi connectivity index (χ1v) is 11.9. The minimum atomic E-state index is -0.192. The van der Waals surface area contributed by atoms with E-state index in [1.807, 2.05) is 36.1 Å². The molecule has 30 heavy (non-hydrogen) atoms. The van der Waals surface area contributed by atoms with E-state index in [4.69, 9.17) is 0 Å². The molecule has 4 heterocycles. The molecule has 5 nitrogen and oxygen atoms in total. The van der Waals surface area contributed by atoms with E-state index in [1.165, 1.54) is 15.3 Å². The largest absolute Gasteiger partial charge is 0.324 e. The fraction of sp³-hybridized carbons (Fsp3) is 0.304. The Balaban J connectivity index is 1.47. The van der Waals surface area contributed by atoms with Crippen LogP contribution < -0.4 is 10.2 Å². The number of benzene rings is 1. The van der Waals surface area contributed by atoms with Crippen LogP contribution in [0.3, 0.4) is 0 Å². The van der Waals surface area contributed by atoms with Gasteiger partial charge in [-0.3, -0.25) is 14.5 Å². The van der Waals surface area contributed by atoms with Gasteiger partial charge in [0, 0.05) is 28.8 Å². The van der Waals surface area contributed by atoms with Crippen molar-refractivity contribution in [2.24, 2.45) is 0 Å². The fourth-order valence-corrected chi connectivity index (χ4v) is 6.32. The minimum absolute atomic E-state index is 0.0340. The average molecular weight is 438 g/mol. The van der Waals surface area contributed by atoms with Gasteiger partial charge in [-0.05, 0) is 53.9 Å². The molecule has 0 bridgehead atoms. The molecule has 2 amide bonds. The third kappa shape index (κ3) is 3.47. The van der Waals surface area contributed by atoms with Gasteiger partial charge in [-0.1, -0.05) is 18.2 Å². The minimum Gasteiger partial charge on any atom is -0.324 e. The molecule has 0 unspecified atom stereocenters. The second-order valence-electron chi connectivity index (χ2n) is 7.82. The normalized spacial score (nSPS) is 21.5. The highest BCUT2D eigenvalue weighted by atomic mass is 32.1. The number of anilines is 2. The number of fused-ring (bicyclic) bond motifs is 2. The maximum Gasteiger partial charge on any atom is 0.241 e. The second-order valence-corrected chi connectivity index (χ2v) is 9.80. The average Bonchev–Trinajstić information content (AvgIpc) is 3.38. The highest BCUT2D eigenvalue weighted by molar-refractivity contribution is 7.10. The van der Waals surface area contributed by atoms with Crippen molar-refractivity contribution in [3.05, 3.63) is 68.5 Å². The van der Waals surface area contributed by atoms with E-state index in [-0.39, 0.29) is 23.9 Å². The van der Waals surface area contributed by atoms with Crippen LogP contribution in [-0.2, 0) is 16.0 Å². The number of amides is 2. The number of thiophene rings is 2. The molecule has 0 radical (unpaired) electrons. The second kappa shape index (κ2) is 7.98. The molecule has 7 heteroatoms. The number of hydrogen-bond donors (Lipinski definition) is 1. The highest BCUT2D eigenvalue weighted by Crippen LogP contribution is 2.40. The lowest BCUT2D eigenvalue weighted by atomic mass is 9.98. The quantitative estimate of drug-likeness (QED) is 0.655. The standard InChI is InChI=1S/C23H23N3O2S2/c1-15-13-21(27)24-17-5-2-3-6-18(17)26(15)22(28)14-25-10-8-19-16(9-12-30-19)23(25)20-7-4-11-29-20/h2-7,9,11-12,15,23H,8,10,13-14H2,1H3,(H,24,27)/t15-,23+/m1/s1. The monoisotopic (exact) mass is 437 g/mol. The number of nitrogens with one attached hydrogen (secondary N) is 1. The molecule has 154 valence electrons. The number of para-hydroxylation sites is 2. The zero-order chi connectivity index (χ0) is 20.7. The molecule has 3 aromatic rings. The molecule has 0 saturated carbocycles.